The van der Waals surface area contributed by atoms with Crippen molar-refractivity contribution < 1.29 is 36.9 Å². The van der Waals surface area contributed by atoms with Crippen molar-refractivity contribution in [3.8, 4) is 5.75 Å². The van der Waals surface area contributed by atoms with Crippen LogP contribution in [0.5, 0.6) is 5.75 Å². The zero-order chi connectivity index (χ0) is 30.9. The SMILES string of the molecule is Cc1noc(C)c1NC(=O)Nc1ccc2c(c1)C(=O)N([C@@H](C)CO)C[C@@H](C)[C@@H](CN(C)S(=O)(=O)c1c(C)noc1C)O2. The molecule has 42 heavy (non-hydrogen) atoms. The van der Waals surface area contributed by atoms with Gasteiger partial charge in [-0.25, -0.2) is 13.2 Å². The summed E-state index contributed by atoms with van der Waals surface area (Å²) in [6.07, 6.45) is -0.674. The summed E-state index contributed by atoms with van der Waals surface area (Å²) in [7, 11) is -2.52. The van der Waals surface area contributed by atoms with Gasteiger partial charge in [0.25, 0.3) is 5.91 Å². The van der Waals surface area contributed by atoms with E-state index in [1.807, 2.05) is 6.92 Å². The fourth-order valence-electron chi connectivity index (χ4n) is 4.81. The number of urea groups is 1. The first-order valence-electron chi connectivity index (χ1n) is 13.4. The summed E-state index contributed by atoms with van der Waals surface area (Å²) in [6.45, 7) is 9.89. The number of amides is 3. The maximum atomic E-state index is 13.7. The topological polar surface area (TPSA) is 180 Å². The second kappa shape index (κ2) is 12.1. The Hall–Kier alpha value is -3.95. The van der Waals surface area contributed by atoms with Gasteiger partial charge in [0, 0.05) is 25.2 Å². The molecule has 0 bridgehead atoms. The van der Waals surface area contributed by atoms with E-state index in [4.69, 9.17) is 13.8 Å². The molecule has 1 aliphatic heterocycles. The Bertz CT molecular complexity index is 1540. The molecule has 0 spiro atoms. The Kier molecular flexibility index (Phi) is 8.94. The normalized spacial score (nSPS) is 18.2. The number of aliphatic hydroxyl groups is 1. The van der Waals surface area contributed by atoms with E-state index in [-0.39, 0.29) is 53.3 Å². The number of sulfonamides is 1. The minimum atomic E-state index is -3.96. The number of aromatic nitrogens is 2. The molecule has 1 aromatic carbocycles. The van der Waals surface area contributed by atoms with E-state index in [0.29, 0.717) is 22.8 Å². The number of hydrogen-bond donors (Lipinski definition) is 3. The molecule has 14 nitrogen and oxygen atoms in total. The lowest BCUT2D eigenvalue weighted by atomic mass is 9.99. The molecule has 0 radical (unpaired) electrons. The third-order valence-electron chi connectivity index (χ3n) is 7.27. The van der Waals surface area contributed by atoms with Crippen molar-refractivity contribution in [3.63, 3.8) is 0 Å². The van der Waals surface area contributed by atoms with Crippen LogP contribution in [0.1, 0.15) is 47.1 Å². The molecule has 228 valence electrons. The second-order valence-electron chi connectivity index (χ2n) is 10.6. The zero-order valence-electron chi connectivity index (χ0n) is 24.6. The third-order valence-corrected chi connectivity index (χ3v) is 9.34. The van der Waals surface area contributed by atoms with Gasteiger partial charge in [0.2, 0.25) is 10.0 Å². The number of likely N-dealkylation sites (N-methyl/N-ethyl adjacent to an activating group) is 1. The highest BCUT2D eigenvalue weighted by atomic mass is 32.2. The lowest BCUT2D eigenvalue weighted by Gasteiger charge is -2.38. The van der Waals surface area contributed by atoms with Crippen LogP contribution in [0.15, 0.2) is 32.1 Å². The van der Waals surface area contributed by atoms with Crippen LogP contribution in [0.4, 0.5) is 16.2 Å². The highest BCUT2D eigenvalue weighted by molar-refractivity contribution is 7.89. The molecule has 4 rings (SSSR count). The Morgan fingerprint density at radius 3 is 2.40 bits per heavy atom. The highest BCUT2D eigenvalue weighted by Crippen LogP contribution is 2.32. The van der Waals surface area contributed by atoms with Crippen molar-refractivity contribution in [1.82, 2.24) is 19.5 Å². The molecule has 0 aliphatic carbocycles. The molecule has 3 atom stereocenters. The number of aliphatic hydroxyl groups excluding tert-OH is 1. The first kappa shape index (κ1) is 31.0. The largest absolute Gasteiger partial charge is 0.488 e. The smallest absolute Gasteiger partial charge is 0.323 e. The summed E-state index contributed by atoms with van der Waals surface area (Å²) in [5.74, 6) is 0.120. The van der Waals surface area contributed by atoms with Gasteiger partial charge in [-0.15, -0.1) is 0 Å². The van der Waals surface area contributed by atoms with Crippen LogP contribution in [-0.4, -0.2) is 83.9 Å². The van der Waals surface area contributed by atoms with Gasteiger partial charge in [0.15, 0.2) is 11.5 Å². The van der Waals surface area contributed by atoms with Crippen molar-refractivity contribution >= 4 is 33.3 Å². The van der Waals surface area contributed by atoms with Crippen LogP contribution in [0.25, 0.3) is 0 Å². The minimum absolute atomic E-state index is 0.000172. The lowest BCUT2D eigenvalue weighted by Crippen LogP contribution is -2.50. The van der Waals surface area contributed by atoms with Crippen LogP contribution in [0.2, 0.25) is 0 Å². The van der Waals surface area contributed by atoms with E-state index >= 15 is 0 Å². The molecule has 3 amide bonds. The lowest BCUT2D eigenvalue weighted by molar-refractivity contribution is 0.0387. The van der Waals surface area contributed by atoms with Crippen molar-refractivity contribution in [3.05, 3.63) is 46.7 Å². The van der Waals surface area contributed by atoms with E-state index in [0.717, 1.165) is 0 Å². The van der Waals surface area contributed by atoms with Crippen molar-refractivity contribution in [2.24, 2.45) is 5.92 Å². The van der Waals surface area contributed by atoms with Gasteiger partial charge in [-0.1, -0.05) is 17.2 Å². The average molecular weight is 605 g/mol. The number of rotatable bonds is 8. The molecule has 0 saturated heterocycles. The van der Waals surface area contributed by atoms with Crippen LogP contribution in [0, 0.1) is 33.6 Å². The van der Waals surface area contributed by atoms with Gasteiger partial charge in [0.1, 0.15) is 33.8 Å². The van der Waals surface area contributed by atoms with Crippen LogP contribution in [-0.2, 0) is 10.0 Å². The standard InChI is InChI=1S/C27H36N6O8S/c1-14-11-33(15(2)13-34)26(35)21-10-20(28-27(36)29-24-16(3)30-40-18(24)5)8-9-22(21)39-23(14)12-32(7)42(37,38)25-17(4)31-41-19(25)6/h8-10,14-15,23,34H,11-13H2,1-7H3,(H2,28,29,36)/t14-,15+,23-/m1/s1. The zero-order valence-corrected chi connectivity index (χ0v) is 25.4. The molecular formula is C27H36N6O8S. The van der Waals surface area contributed by atoms with Crippen LogP contribution < -0.4 is 15.4 Å². The fourth-order valence-corrected chi connectivity index (χ4v) is 6.27. The quantitative estimate of drug-likeness (QED) is 0.346. The first-order chi connectivity index (χ1) is 19.7. The Labute approximate surface area is 244 Å². The molecule has 0 unspecified atom stereocenters. The first-order valence-corrected chi connectivity index (χ1v) is 14.8. The van der Waals surface area contributed by atoms with Crippen LogP contribution in [0.3, 0.4) is 0 Å². The highest BCUT2D eigenvalue weighted by Gasteiger charge is 2.36. The van der Waals surface area contributed by atoms with E-state index in [2.05, 4.69) is 20.9 Å². The van der Waals surface area contributed by atoms with Crippen molar-refractivity contribution in [2.45, 2.75) is 58.6 Å². The average Bonchev–Trinajstić information content (AvgIpc) is 3.45. The van der Waals surface area contributed by atoms with Gasteiger partial charge < -0.3 is 34.4 Å². The number of nitrogens with zero attached hydrogens (tertiary/aromatic N) is 4. The maximum Gasteiger partial charge on any atom is 0.323 e. The predicted octanol–water partition coefficient (Wildman–Crippen LogP) is 3.08. The predicted molar refractivity (Wildman–Crippen MR) is 152 cm³/mol. The monoisotopic (exact) mass is 604 g/mol. The number of aryl methyl sites for hydroxylation is 4. The van der Waals surface area contributed by atoms with Crippen LogP contribution >= 0.6 is 0 Å². The molecule has 3 N–H and O–H groups in total. The number of carbonyl (C=O) groups excluding carboxylic acids is 2. The molecular weight excluding hydrogens is 568 g/mol. The van der Waals surface area contributed by atoms with Gasteiger partial charge >= 0.3 is 6.03 Å². The molecule has 3 aromatic rings. The Morgan fingerprint density at radius 2 is 1.81 bits per heavy atom. The second-order valence-corrected chi connectivity index (χ2v) is 12.5. The van der Waals surface area contributed by atoms with E-state index in [9.17, 15) is 23.1 Å². The Morgan fingerprint density at radius 1 is 1.14 bits per heavy atom. The molecule has 2 aromatic heterocycles. The van der Waals surface area contributed by atoms with Crippen molar-refractivity contribution in [2.75, 3.05) is 37.4 Å². The summed E-state index contributed by atoms with van der Waals surface area (Å²) in [5.41, 5.74) is 1.67. The number of nitrogens with one attached hydrogen (secondary N) is 2. The van der Waals surface area contributed by atoms with Crippen molar-refractivity contribution in [1.29, 1.82) is 0 Å². The minimum Gasteiger partial charge on any atom is -0.488 e. The number of fused-ring (bicyclic) bond motifs is 1. The number of benzene rings is 1. The number of carbonyl (C=O) groups is 2. The van der Waals surface area contributed by atoms with Gasteiger partial charge in [-0.05, 0) is 52.8 Å². The maximum absolute atomic E-state index is 13.7. The summed E-state index contributed by atoms with van der Waals surface area (Å²) >= 11 is 0. The number of ether oxygens (including phenoxy) is 1. The summed E-state index contributed by atoms with van der Waals surface area (Å²) < 4.78 is 44.4. The van der Waals surface area contributed by atoms with E-state index in [1.165, 1.54) is 29.2 Å². The fraction of sp³-hybridized carbons (Fsp3) is 0.481. The van der Waals surface area contributed by atoms with Gasteiger partial charge in [-0.2, -0.15) is 4.31 Å². The molecule has 0 saturated carbocycles. The summed E-state index contributed by atoms with van der Waals surface area (Å²) in [4.78, 5) is 27.9. The summed E-state index contributed by atoms with van der Waals surface area (Å²) in [5, 5.41) is 22.9. The van der Waals surface area contributed by atoms with Gasteiger partial charge in [-0.3, -0.25) is 4.79 Å². The van der Waals surface area contributed by atoms with E-state index in [1.54, 1.807) is 39.8 Å². The number of anilines is 2. The summed E-state index contributed by atoms with van der Waals surface area (Å²) in [6, 6.07) is 3.51. The Balaban J connectivity index is 1.64. The molecule has 0 fully saturated rings. The van der Waals surface area contributed by atoms with Gasteiger partial charge in [0.05, 0.1) is 24.8 Å². The molecule has 15 heteroatoms. The third kappa shape index (κ3) is 6.12. The van der Waals surface area contributed by atoms with E-state index < -0.39 is 34.1 Å². The molecule has 3 heterocycles. The number of hydrogen-bond acceptors (Lipinski definition) is 10. The molecule has 1 aliphatic rings.